The minimum atomic E-state index is -0.998. The summed E-state index contributed by atoms with van der Waals surface area (Å²) in [6.07, 6.45) is 17.2. The quantitative estimate of drug-likeness (QED) is 0.102. The van der Waals surface area contributed by atoms with Crippen LogP contribution in [0.3, 0.4) is 0 Å². The molecule has 16 heteroatoms. The fourth-order valence-corrected chi connectivity index (χ4v) is 26.0. The Balaban J connectivity index is 0.000000156. The predicted octanol–water partition coefficient (Wildman–Crippen LogP) is 5.96. The van der Waals surface area contributed by atoms with Gasteiger partial charge in [0.05, 0.1) is 54.9 Å². The van der Waals surface area contributed by atoms with Gasteiger partial charge in [0.25, 0.3) is 0 Å². The summed E-state index contributed by atoms with van der Waals surface area (Å²) in [5.41, 5.74) is -0.515. The first-order valence-corrected chi connectivity index (χ1v) is 35.5. The van der Waals surface area contributed by atoms with Crippen molar-refractivity contribution in [3.05, 3.63) is 0 Å². The van der Waals surface area contributed by atoms with E-state index in [2.05, 4.69) is 62.3 Å². The molecule has 12 unspecified atom stereocenters. The van der Waals surface area contributed by atoms with Gasteiger partial charge in [0.1, 0.15) is 0 Å². The van der Waals surface area contributed by atoms with Gasteiger partial charge in [-0.1, -0.05) is 62.3 Å². The van der Waals surface area contributed by atoms with Crippen molar-refractivity contribution in [3.63, 3.8) is 0 Å². The first kappa shape index (κ1) is 70.9. The minimum Gasteiger partial charge on any atom is -0.550 e. The fourth-order valence-electron chi connectivity index (χ4n) is 26.0. The number of rotatable bonds is 12. The number of carboxylic acid groups (broad SMARTS) is 3. The summed E-state index contributed by atoms with van der Waals surface area (Å²) >= 11 is 0. The summed E-state index contributed by atoms with van der Waals surface area (Å²) in [5.74, 6) is 1.90. The maximum absolute atomic E-state index is 11.5. The van der Waals surface area contributed by atoms with Gasteiger partial charge >= 0.3 is 17.4 Å². The van der Waals surface area contributed by atoms with Crippen LogP contribution in [0.4, 0.5) is 0 Å². The van der Waals surface area contributed by atoms with Crippen molar-refractivity contribution in [2.45, 2.75) is 291 Å². The Bertz CT molecular complexity index is 2170. The average Bonchev–Trinajstić information content (AvgIpc) is 1.31. The molecule has 33 atom stereocenters. The molecule has 9 N–H and O–H groups in total. The van der Waals surface area contributed by atoms with E-state index in [9.17, 15) is 75.7 Å². The number of fused-ring (bicyclic) bond motifs is 15. The van der Waals surface area contributed by atoms with Crippen LogP contribution in [0.15, 0.2) is 0 Å². The Morgan fingerprint density at radius 3 is 0.830 bits per heavy atom. The number of aliphatic carboxylic acids is 3. The molecule has 12 aliphatic carbocycles. The van der Waals surface area contributed by atoms with E-state index in [4.69, 9.17) is 0 Å². The van der Waals surface area contributed by atoms with Crippen LogP contribution in [0.1, 0.15) is 236 Å². The average molecular weight is 1250 g/mol. The minimum absolute atomic E-state index is 0. The molecule has 498 valence electrons. The van der Waals surface area contributed by atoms with E-state index in [-0.39, 0.29) is 177 Å². The molecule has 12 fully saturated rings. The summed E-state index contributed by atoms with van der Waals surface area (Å²) < 4.78 is 0. The van der Waals surface area contributed by atoms with Crippen molar-refractivity contribution in [2.24, 2.45) is 139 Å². The third-order valence-electron chi connectivity index (χ3n) is 31.0. The Morgan fingerprint density at radius 1 is 0.364 bits per heavy atom. The summed E-state index contributed by atoms with van der Waals surface area (Å²) in [6.45, 7) is 20.0. The summed E-state index contributed by atoms with van der Waals surface area (Å²) in [5, 5.41) is 132. The smallest absolute Gasteiger partial charge is 0.550 e. The van der Waals surface area contributed by atoms with Crippen molar-refractivity contribution in [3.8, 4) is 0 Å². The van der Waals surface area contributed by atoms with Gasteiger partial charge in [0.15, 0.2) is 0 Å². The molecule has 12 rings (SSSR count). The molecule has 0 aromatic carbocycles. The summed E-state index contributed by atoms with van der Waals surface area (Å²) in [4.78, 5) is 32.9. The molecule has 0 spiro atoms. The second kappa shape index (κ2) is 26.6. The molecule has 0 aromatic heterocycles. The van der Waals surface area contributed by atoms with Gasteiger partial charge in [-0.15, -0.1) is 0 Å². The third kappa shape index (κ3) is 12.1. The predicted molar refractivity (Wildman–Crippen MR) is 328 cm³/mol. The zero-order valence-corrected chi connectivity index (χ0v) is 56.4. The molecule has 0 aromatic rings. The monoisotopic (exact) mass is 1250 g/mol. The molecule has 0 heterocycles. The maximum atomic E-state index is 11.5. The summed E-state index contributed by atoms with van der Waals surface area (Å²) in [6, 6.07) is 0. The van der Waals surface area contributed by atoms with Crippen LogP contribution >= 0.6 is 0 Å². The second-order valence-corrected chi connectivity index (χ2v) is 34.2. The van der Waals surface area contributed by atoms with Gasteiger partial charge in [0.2, 0.25) is 0 Å². The van der Waals surface area contributed by atoms with E-state index < -0.39 is 36.2 Å². The normalized spacial score (nSPS) is 52.3. The van der Waals surface area contributed by atoms with E-state index in [0.717, 1.165) is 135 Å². The summed E-state index contributed by atoms with van der Waals surface area (Å²) in [7, 11) is 0. The maximum Gasteiger partial charge on any atom is 3.00 e. The van der Waals surface area contributed by atoms with Crippen LogP contribution in [-0.4, -0.2) is 136 Å². The largest absolute Gasteiger partial charge is 3.00 e. The van der Waals surface area contributed by atoms with Gasteiger partial charge in [-0.25, -0.2) is 0 Å². The van der Waals surface area contributed by atoms with Gasteiger partial charge in [-0.2, -0.15) is 0 Å². The van der Waals surface area contributed by atoms with Crippen LogP contribution in [0, 0.1) is 139 Å². The second-order valence-electron chi connectivity index (χ2n) is 34.2. The standard InChI is InChI=1S/3C24H40O5.Al/c3*1-13(4-7-21(28)29)16-5-6-17-22-18(12-20(27)24(16,17)3)23(2)9-8-15(25)10-14(23)11-19(22)26;/h3*13-20,22,25-27H,4-12H2,1-3H3,(H,28,29);/q;;;+3/p-3/t3*13-,14?,15+,16-,17?,18?,19-,20+,22?,23+,24-;/m111./s1. The van der Waals surface area contributed by atoms with Crippen LogP contribution in [0.25, 0.3) is 0 Å². The molecule has 15 nitrogen and oxygen atoms in total. The topological polar surface area (TPSA) is 302 Å². The number of hydrogen-bond donors (Lipinski definition) is 9. The van der Waals surface area contributed by atoms with Crippen molar-refractivity contribution >= 4 is 35.3 Å². The Kier molecular flexibility index (Phi) is 21.5. The molecular weight excluding hydrogens is 1130 g/mol. The van der Waals surface area contributed by atoms with Crippen LogP contribution < -0.4 is 15.3 Å². The Labute approximate surface area is 537 Å². The molecule has 12 saturated carbocycles. The number of aliphatic hydroxyl groups excluding tert-OH is 9. The van der Waals surface area contributed by atoms with Gasteiger partial charge < -0.3 is 75.7 Å². The number of carbonyl (C=O) groups excluding carboxylic acids is 3. The molecule has 0 bridgehead atoms. The van der Waals surface area contributed by atoms with E-state index >= 15 is 0 Å². The van der Waals surface area contributed by atoms with Crippen molar-refractivity contribution in [1.29, 1.82) is 0 Å². The fraction of sp³-hybridized carbons (Fsp3) is 0.958. The van der Waals surface area contributed by atoms with Gasteiger partial charge in [0, 0.05) is 17.9 Å². The van der Waals surface area contributed by atoms with Gasteiger partial charge in [-0.3, -0.25) is 0 Å². The van der Waals surface area contributed by atoms with E-state index in [0.29, 0.717) is 54.8 Å². The molecular formula is C72H117AlO15. The van der Waals surface area contributed by atoms with Crippen molar-refractivity contribution in [2.75, 3.05) is 0 Å². The molecule has 0 amide bonds. The Hall–Kier alpha value is -1.42. The van der Waals surface area contributed by atoms with Crippen molar-refractivity contribution in [1.82, 2.24) is 0 Å². The number of carboxylic acids is 3. The molecule has 12 aliphatic rings. The third-order valence-corrected chi connectivity index (χ3v) is 31.0. The van der Waals surface area contributed by atoms with E-state index in [1.54, 1.807) is 0 Å². The number of carbonyl (C=O) groups is 3. The molecule has 88 heavy (non-hydrogen) atoms. The van der Waals surface area contributed by atoms with E-state index in [1.807, 2.05) is 0 Å². The number of aliphatic hydroxyl groups is 9. The molecule has 0 saturated heterocycles. The van der Waals surface area contributed by atoms with Crippen LogP contribution in [0.5, 0.6) is 0 Å². The van der Waals surface area contributed by atoms with Gasteiger partial charge in [-0.05, 0) is 312 Å². The van der Waals surface area contributed by atoms with E-state index in [1.165, 1.54) is 0 Å². The zero-order valence-electron chi connectivity index (χ0n) is 55.2. The first-order chi connectivity index (χ1) is 40.8. The molecule has 0 aliphatic heterocycles. The zero-order chi connectivity index (χ0) is 63.4. The number of hydrogen-bond acceptors (Lipinski definition) is 15. The van der Waals surface area contributed by atoms with Crippen LogP contribution in [0.2, 0.25) is 0 Å². The molecule has 0 radical (unpaired) electrons. The van der Waals surface area contributed by atoms with Crippen LogP contribution in [-0.2, 0) is 14.4 Å². The first-order valence-electron chi connectivity index (χ1n) is 35.5. The Morgan fingerprint density at radius 2 is 0.602 bits per heavy atom. The van der Waals surface area contributed by atoms with Crippen molar-refractivity contribution < 1.29 is 75.7 Å². The SMILES string of the molecule is C[C@H](CCC(=O)[O-])[C@H]1CCC2C3C(C[C@H](O)[C@@]21C)[C@@]1(C)CC[C@H](O)CC1C[C@H]3O.C[C@H](CCC(=O)[O-])[C@H]1CCC2C3C(C[C@H](O)[C@@]21C)[C@@]1(C)CC[C@H](O)CC1C[C@H]3O.C[C@H](CCC(=O)[O-])[C@H]1CCC2C3C(C[C@H](O)[C@@]21C)[C@@]1(C)CC[C@H](O)CC1C[C@H]3O.[Al+3].